The number of nitrogens with zero attached hydrogens (tertiary/aromatic N) is 5. The van der Waals surface area contributed by atoms with Crippen molar-refractivity contribution in [3.63, 3.8) is 0 Å². The molecule has 6 rings (SSSR count). The Morgan fingerprint density at radius 1 is 1.00 bits per heavy atom. The molecule has 246 valence electrons. The molecule has 0 saturated carbocycles. The normalized spacial score (nSPS) is 21.5. The van der Waals surface area contributed by atoms with Crippen LogP contribution in [0.15, 0.2) is 59.5 Å². The van der Waals surface area contributed by atoms with Gasteiger partial charge in [0, 0.05) is 57.4 Å². The Labute approximate surface area is 271 Å². The summed E-state index contributed by atoms with van der Waals surface area (Å²) in [5.41, 5.74) is 7.55. The number of likely N-dealkylation sites (tertiary alicyclic amines) is 2. The zero-order valence-corrected chi connectivity index (χ0v) is 27.0. The Morgan fingerprint density at radius 2 is 1.72 bits per heavy atom. The molecule has 3 aromatic rings. The standard InChI is InChI=1S/C32H36ClF3N6O3S/c1-39-19-23-9-11-40(28(23)20-39)10-8-21-2-7-26(31(37)43)27(16-21)22-3-5-25(6-4-22)46(44,45)42-14-12-41(13-15-42)30-18-24(32(34,35)36)17-29(33)38-30/h2-7,16-18,23,28H,8-15,19-20H2,1H3,(H2,37,43). The number of alkyl halides is 3. The molecule has 3 saturated heterocycles. The molecule has 0 bridgehead atoms. The Hall–Kier alpha value is -3.23. The van der Waals surface area contributed by atoms with Gasteiger partial charge in [-0.05, 0) is 79.4 Å². The summed E-state index contributed by atoms with van der Waals surface area (Å²) in [7, 11) is -1.72. The number of amides is 1. The van der Waals surface area contributed by atoms with E-state index in [0.29, 0.717) is 22.7 Å². The van der Waals surface area contributed by atoms with Crippen molar-refractivity contribution in [2.75, 3.05) is 64.3 Å². The van der Waals surface area contributed by atoms with E-state index in [2.05, 4.69) is 21.8 Å². The lowest BCUT2D eigenvalue weighted by Crippen LogP contribution is -2.49. The van der Waals surface area contributed by atoms with Gasteiger partial charge in [0.25, 0.3) is 0 Å². The van der Waals surface area contributed by atoms with E-state index < -0.39 is 27.7 Å². The largest absolute Gasteiger partial charge is 0.416 e. The van der Waals surface area contributed by atoms with Gasteiger partial charge in [-0.25, -0.2) is 13.4 Å². The molecule has 46 heavy (non-hydrogen) atoms. The Kier molecular flexibility index (Phi) is 9.07. The Bertz CT molecular complexity index is 1710. The van der Waals surface area contributed by atoms with Crippen molar-refractivity contribution >= 4 is 33.3 Å². The minimum absolute atomic E-state index is 0.0458. The number of carbonyl (C=O) groups is 1. The number of rotatable bonds is 8. The van der Waals surface area contributed by atoms with E-state index in [1.165, 1.54) is 22.9 Å². The number of fused-ring (bicyclic) bond motifs is 1. The van der Waals surface area contributed by atoms with Crippen LogP contribution in [0, 0.1) is 5.92 Å². The summed E-state index contributed by atoms with van der Waals surface area (Å²) < 4.78 is 68.1. The molecular weight excluding hydrogens is 641 g/mol. The first-order chi connectivity index (χ1) is 21.8. The molecule has 1 aromatic heterocycles. The Morgan fingerprint density at radius 3 is 2.39 bits per heavy atom. The van der Waals surface area contributed by atoms with E-state index in [1.54, 1.807) is 23.1 Å². The SMILES string of the molecule is CN1CC2CCN(CCc3ccc(C(N)=O)c(-c4ccc(S(=O)(=O)N5CCN(c6cc(C(F)(F)F)cc(Cl)n6)CC5)cc4)c3)C2C1. The van der Waals surface area contributed by atoms with Crippen LogP contribution in [0.1, 0.15) is 27.9 Å². The molecule has 14 heteroatoms. The lowest BCUT2D eigenvalue weighted by atomic mass is 9.95. The number of benzene rings is 2. The number of anilines is 1. The fourth-order valence-corrected chi connectivity index (χ4v) is 8.56. The number of carbonyl (C=O) groups excluding carboxylic acids is 1. The van der Waals surface area contributed by atoms with Gasteiger partial charge in [-0.1, -0.05) is 35.9 Å². The number of hydrogen-bond donors (Lipinski definition) is 1. The molecule has 4 heterocycles. The van der Waals surface area contributed by atoms with Crippen LogP contribution < -0.4 is 10.6 Å². The van der Waals surface area contributed by atoms with Gasteiger partial charge in [0.05, 0.1) is 10.5 Å². The van der Waals surface area contributed by atoms with Crippen molar-refractivity contribution in [1.29, 1.82) is 0 Å². The monoisotopic (exact) mass is 676 g/mol. The zero-order chi connectivity index (χ0) is 32.8. The first kappa shape index (κ1) is 32.7. The number of pyridine rings is 1. The number of aromatic nitrogens is 1. The van der Waals surface area contributed by atoms with Crippen LogP contribution in [0.4, 0.5) is 19.0 Å². The van der Waals surface area contributed by atoms with Crippen LogP contribution in [0.2, 0.25) is 5.15 Å². The topological polar surface area (TPSA) is 103 Å². The fraction of sp³-hybridized carbons (Fsp3) is 0.438. The van der Waals surface area contributed by atoms with Gasteiger partial charge in [-0.2, -0.15) is 17.5 Å². The van der Waals surface area contributed by atoms with Crippen LogP contribution in [0.5, 0.6) is 0 Å². The van der Waals surface area contributed by atoms with E-state index in [-0.39, 0.29) is 42.0 Å². The van der Waals surface area contributed by atoms with Crippen molar-refractivity contribution < 1.29 is 26.4 Å². The zero-order valence-electron chi connectivity index (χ0n) is 25.4. The fourth-order valence-electron chi connectivity index (χ4n) is 6.93. The number of hydrogen-bond acceptors (Lipinski definition) is 7. The summed E-state index contributed by atoms with van der Waals surface area (Å²) in [4.78, 5) is 22.9. The molecule has 0 aliphatic carbocycles. The molecule has 2 atom stereocenters. The van der Waals surface area contributed by atoms with Gasteiger partial charge in [-0.15, -0.1) is 0 Å². The summed E-state index contributed by atoms with van der Waals surface area (Å²) in [6, 6.07) is 14.2. The van der Waals surface area contributed by atoms with E-state index in [0.717, 1.165) is 56.2 Å². The summed E-state index contributed by atoms with van der Waals surface area (Å²) in [6.45, 7) is 4.66. The van der Waals surface area contributed by atoms with E-state index in [1.807, 2.05) is 12.1 Å². The predicted molar refractivity (Wildman–Crippen MR) is 170 cm³/mol. The average Bonchev–Trinajstić information content (AvgIpc) is 3.58. The molecule has 3 fully saturated rings. The molecule has 0 radical (unpaired) electrons. The number of sulfonamides is 1. The third kappa shape index (κ3) is 6.75. The average molecular weight is 677 g/mol. The molecule has 3 aliphatic heterocycles. The van der Waals surface area contributed by atoms with Gasteiger partial charge < -0.3 is 15.5 Å². The maximum atomic E-state index is 13.5. The van der Waals surface area contributed by atoms with Gasteiger partial charge >= 0.3 is 6.18 Å². The second kappa shape index (κ2) is 12.8. The highest BCUT2D eigenvalue weighted by Gasteiger charge is 2.39. The highest BCUT2D eigenvalue weighted by Crippen LogP contribution is 2.34. The summed E-state index contributed by atoms with van der Waals surface area (Å²) in [5.74, 6) is 0.205. The van der Waals surface area contributed by atoms with Crippen molar-refractivity contribution in [1.82, 2.24) is 19.1 Å². The highest BCUT2D eigenvalue weighted by molar-refractivity contribution is 7.89. The number of primary amides is 1. The lowest BCUT2D eigenvalue weighted by molar-refractivity contribution is -0.137. The molecule has 1 amide bonds. The second-order valence-corrected chi connectivity index (χ2v) is 14.6. The van der Waals surface area contributed by atoms with Gasteiger partial charge in [0.15, 0.2) is 0 Å². The molecule has 0 spiro atoms. The van der Waals surface area contributed by atoms with E-state index in [4.69, 9.17) is 17.3 Å². The van der Waals surface area contributed by atoms with E-state index in [9.17, 15) is 26.4 Å². The molecule has 3 aliphatic rings. The summed E-state index contributed by atoms with van der Waals surface area (Å²) >= 11 is 5.84. The minimum Gasteiger partial charge on any atom is -0.366 e. The maximum Gasteiger partial charge on any atom is 0.416 e. The quantitative estimate of drug-likeness (QED) is 0.357. The van der Waals surface area contributed by atoms with Crippen molar-refractivity contribution in [2.45, 2.75) is 30.0 Å². The first-order valence-electron chi connectivity index (χ1n) is 15.3. The third-order valence-corrected chi connectivity index (χ3v) is 11.5. The number of piperazine rings is 1. The van der Waals surface area contributed by atoms with Crippen LogP contribution >= 0.6 is 11.6 Å². The number of halogens is 4. The van der Waals surface area contributed by atoms with Crippen molar-refractivity contribution in [3.8, 4) is 11.1 Å². The van der Waals surface area contributed by atoms with Gasteiger partial charge in [0.2, 0.25) is 15.9 Å². The molecular formula is C32H36ClF3N6O3S. The Balaban J connectivity index is 1.14. The predicted octanol–water partition coefficient (Wildman–Crippen LogP) is 4.21. The van der Waals surface area contributed by atoms with Crippen LogP contribution in [0.25, 0.3) is 11.1 Å². The molecule has 2 unspecified atom stereocenters. The first-order valence-corrected chi connectivity index (χ1v) is 17.1. The molecule has 2 aromatic carbocycles. The number of likely N-dealkylation sites (N-methyl/N-ethyl adjacent to an activating group) is 1. The maximum absolute atomic E-state index is 13.5. The number of nitrogens with two attached hydrogens (primary N) is 1. The summed E-state index contributed by atoms with van der Waals surface area (Å²) in [6.07, 6.45) is -2.55. The lowest BCUT2D eigenvalue weighted by Gasteiger charge is -2.35. The van der Waals surface area contributed by atoms with E-state index >= 15 is 0 Å². The van der Waals surface area contributed by atoms with Gasteiger partial charge in [0.1, 0.15) is 11.0 Å². The van der Waals surface area contributed by atoms with Crippen LogP contribution in [-0.2, 0) is 22.6 Å². The minimum atomic E-state index is -4.58. The van der Waals surface area contributed by atoms with Gasteiger partial charge in [-0.3, -0.25) is 9.69 Å². The third-order valence-electron chi connectivity index (χ3n) is 9.36. The summed E-state index contributed by atoms with van der Waals surface area (Å²) in [5, 5.41) is -0.285. The van der Waals surface area contributed by atoms with Crippen LogP contribution in [0.3, 0.4) is 0 Å². The smallest absolute Gasteiger partial charge is 0.366 e. The van der Waals surface area contributed by atoms with Crippen molar-refractivity contribution in [2.24, 2.45) is 11.7 Å². The second-order valence-electron chi connectivity index (χ2n) is 12.3. The van der Waals surface area contributed by atoms with Crippen molar-refractivity contribution in [3.05, 3.63) is 76.4 Å². The molecule has 2 N–H and O–H groups in total. The highest BCUT2D eigenvalue weighted by atomic mass is 35.5. The van der Waals surface area contributed by atoms with Crippen LogP contribution in [-0.4, -0.2) is 98.9 Å². The molecule has 9 nitrogen and oxygen atoms in total.